The molecular weight excluding hydrogens is 240 g/mol. The maximum Gasteiger partial charge on any atom is 0.346 e. The summed E-state index contributed by atoms with van der Waals surface area (Å²) in [6, 6.07) is 9.04. The molecule has 0 aromatic heterocycles. The van der Waals surface area contributed by atoms with Crippen molar-refractivity contribution in [2.45, 2.75) is 6.92 Å². The van der Waals surface area contributed by atoms with Crippen LogP contribution in [0.4, 0.5) is 5.69 Å². The summed E-state index contributed by atoms with van der Waals surface area (Å²) in [7, 11) is 0. The average Bonchev–Trinajstić information content (AvgIpc) is 2.42. The molecule has 0 bridgehead atoms. The standard InChI is InChI=1S/C15H16N2O2/c1-3-9-17(4-2)14-7-5-12(6-8-14)10-13(11-16)15(18)19/h3,5-8,10H,1,4,9H2,2H3,(H,18,19)/b13-10+. The van der Waals surface area contributed by atoms with Crippen molar-refractivity contribution in [3.63, 3.8) is 0 Å². The molecule has 0 aliphatic rings. The molecule has 0 fully saturated rings. The molecule has 1 aromatic rings. The zero-order valence-electron chi connectivity index (χ0n) is 10.8. The maximum absolute atomic E-state index is 10.7. The van der Waals surface area contributed by atoms with Crippen LogP contribution in [-0.2, 0) is 4.79 Å². The molecule has 0 atom stereocenters. The lowest BCUT2D eigenvalue weighted by atomic mass is 10.1. The normalized spacial score (nSPS) is 10.6. The van der Waals surface area contributed by atoms with Crippen LogP contribution in [-0.4, -0.2) is 24.2 Å². The third-order valence-corrected chi connectivity index (χ3v) is 2.65. The number of nitrogens with zero attached hydrogens (tertiary/aromatic N) is 2. The predicted octanol–water partition coefficient (Wildman–Crippen LogP) is 2.69. The Morgan fingerprint density at radius 3 is 2.53 bits per heavy atom. The van der Waals surface area contributed by atoms with Crippen LogP contribution < -0.4 is 4.90 Å². The van der Waals surface area contributed by atoms with Gasteiger partial charge in [-0.05, 0) is 30.7 Å². The number of rotatable bonds is 6. The van der Waals surface area contributed by atoms with Crippen molar-refractivity contribution < 1.29 is 9.90 Å². The quantitative estimate of drug-likeness (QED) is 0.483. The van der Waals surface area contributed by atoms with Gasteiger partial charge in [-0.1, -0.05) is 18.2 Å². The van der Waals surface area contributed by atoms with Crippen molar-refractivity contribution in [2.75, 3.05) is 18.0 Å². The molecule has 1 N–H and O–H groups in total. The number of nitriles is 1. The lowest BCUT2D eigenvalue weighted by Crippen LogP contribution is -2.22. The second-order valence-electron chi connectivity index (χ2n) is 3.89. The number of hydrogen-bond donors (Lipinski definition) is 1. The molecule has 98 valence electrons. The van der Waals surface area contributed by atoms with Crippen LogP contribution in [0, 0.1) is 11.3 Å². The van der Waals surface area contributed by atoms with Crippen molar-refractivity contribution in [3.05, 3.63) is 48.1 Å². The van der Waals surface area contributed by atoms with Gasteiger partial charge in [0.2, 0.25) is 0 Å². The van der Waals surface area contributed by atoms with Crippen molar-refractivity contribution >= 4 is 17.7 Å². The van der Waals surface area contributed by atoms with Gasteiger partial charge in [0, 0.05) is 18.8 Å². The van der Waals surface area contributed by atoms with Crippen molar-refractivity contribution in [1.29, 1.82) is 5.26 Å². The van der Waals surface area contributed by atoms with E-state index in [1.807, 2.05) is 18.2 Å². The summed E-state index contributed by atoms with van der Waals surface area (Å²) < 4.78 is 0. The first-order chi connectivity index (χ1) is 9.12. The minimum absolute atomic E-state index is 0.272. The molecule has 0 amide bonds. The Morgan fingerprint density at radius 1 is 1.47 bits per heavy atom. The Kier molecular flexibility index (Phi) is 5.36. The van der Waals surface area contributed by atoms with Crippen molar-refractivity contribution in [2.24, 2.45) is 0 Å². The number of carboxylic acid groups (broad SMARTS) is 1. The molecule has 0 saturated carbocycles. The van der Waals surface area contributed by atoms with Gasteiger partial charge in [-0.3, -0.25) is 0 Å². The minimum atomic E-state index is -1.21. The zero-order valence-corrected chi connectivity index (χ0v) is 10.8. The van der Waals surface area contributed by atoms with E-state index in [-0.39, 0.29) is 5.57 Å². The highest BCUT2D eigenvalue weighted by Gasteiger charge is 2.06. The molecule has 4 heteroatoms. The monoisotopic (exact) mass is 256 g/mol. The second-order valence-corrected chi connectivity index (χ2v) is 3.89. The predicted molar refractivity (Wildman–Crippen MR) is 75.8 cm³/mol. The zero-order chi connectivity index (χ0) is 14.3. The van der Waals surface area contributed by atoms with Crippen molar-refractivity contribution in [1.82, 2.24) is 0 Å². The van der Waals surface area contributed by atoms with Crippen LogP contribution in [0.1, 0.15) is 12.5 Å². The van der Waals surface area contributed by atoms with Gasteiger partial charge in [0.25, 0.3) is 0 Å². The summed E-state index contributed by atoms with van der Waals surface area (Å²) in [6.45, 7) is 7.38. The first-order valence-electron chi connectivity index (χ1n) is 5.93. The highest BCUT2D eigenvalue weighted by atomic mass is 16.4. The maximum atomic E-state index is 10.7. The molecule has 0 radical (unpaired) electrons. The minimum Gasteiger partial charge on any atom is -0.477 e. The highest BCUT2D eigenvalue weighted by molar-refractivity contribution is 5.96. The number of hydrogen-bond acceptors (Lipinski definition) is 3. The summed E-state index contributed by atoms with van der Waals surface area (Å²) in [4.78, 5) is 12.9. The Balaban J connectivity index is 2.96. The van der Waals surface area contributed by atoms with Crippen LogP contribution in [0.15, 0.2) is 42.5 Å². The Hall–Kier alpha value is -2.54. The van der Waals surface area contributed by atoms with E-state index in [2.05, 4.69) is 18.4 Å². The molecule has 0 unspecified atom stereocenters. The topological polar surface area (TPSA) is 64.3 Å². The summed E-state index contributed by atoms with van der Waals surface area (Å²) in [5, 5.41) is 17.5. The fourth-order valence-corrected chi connectivity index (χ4v) is 1.66. The highest BCUT2D eigenvalue weighted by Crippen LogP contribution is 2.16. The molecule has 0 spiro atoms. The molecule has 1 rings (SSSR count). The number of anilines is 1. The Morgan fingerprint density at radius 2 is 2.11 bits per heavy atom. The fourth-order valence-electron chi connectivity index (χ4n) is 1.66. The lowest BCUT2D eigenvalue weighted by molar-refractivity contribution is -0.132. The first-order valence-corrected chi connectivity index (χ1v) is 5.93. The molecule has 0 heterocycles. The fraction of sp³-hybridized carbons (Fsp3) is 0.200. The van der Waals surface area contributed by atoms with E-state index in [4.69, 9.17) is 10.4 Å². The number of carbonyl (C=O) groups is 1. The molecule has 0 aliphatic carbocycles. The molecule has 19 heavy (non-hydrogen) atoms. The van der Waals surface area contributed by atoms with Crippen molar-refractivity contribution in [3.8, 4) is 6.07 Å². The van der Waals surface area contributed by atoms with E-state index < -0.39 is 5.97 Å². The number of carboxylic acids is 1. The number of benzene rings is 1. The summed E-state index contributed by atoms with van der Waals surface area (Å²) >= 11 is 0. The van der Waals surface area contributed by atoms with Gasteiger partial charge >= 0.3 is 5.97 Å². The van der Waals surface area contributed by atoms with Crippen LogP contribution in [0.2, 0.25) is 0 Å². The summed E-state index contributed by atoms with van der Waals surface area (Å²) in [5.41, 5.74) is 1.46. The van der Waals surface area contributed by atoms with E-state index >= 15 is 0 Å². The van der Waals surface area contributed by atoms with Crippen LogP contribution in [0.5, 0.6) is 0 Å². The van der Waals surface area contributed by atoms with Gasteiger partial charge in [-0.15, -0.1) is 6.58 Å². The SMILES string of the molecule is C=CCN(CC)c1ccc(/C=C(\C#N)C(=O)O)cc1. The summed E-state index contributed by atoms with van der Waals surface area (Å²) in [5.74, 6) is -1.21. The van der Waals surface area contributed by atoms with Crippen LogP contribution >= 0.6 is 0 Å². The third kappa shape index (κ3) is 4.00. The van der Waals surface area contributed by atoms with E-state index in [0.29, 0.717) is 5.56 Å². The Labute approximate surface area is 112 Å². The number of aliphatic carboxylic acids is 1. The van der Waals surface area contributed by atoms with Gasteiger partial charge in [0.1, 0.15) is 11.6 Å². The molecular formula is C15H16N2O2. The van der Waals surface area contributed by atoms with E-state index in [9.17, 15) is 4.79 Å². The average molecular weight is 256 g/mol. The molecule has 1 aromatic carbocycles. The van der Waals surface area contributed by atoms with Gasteiger partial charge in [-0.2, -0.15) is 5.26 Å². The Bertz CT molecular complexity index is 524. The number of likely N-dealkylation sites (N-methyl/N-ethyl adjacent to an activating group) is 1. The van der Waals surface area contributed by atoms with E-state index in [1.165, 1.54) is 6.08 Å². The molecule has 4 nitrogen and oxygen atoms in total. The van der Waals surface area contributed by atoms with Gasteiger partial charge in [0.05, 0.1) is 0 Å². The van der Waals surface area contributed by atoms with Crippen LogP contribution in [0.25, 0.3) is 6.08 Å². The second kappa shape index (κ2) is 7.02. The largest absolute Gasteiger partial charge is 0.477 e. The van der Waals surface area contributed by atoms with Crippen LogP contribution in [0.3, 0.4) is 0 Å². The van der Waals surface area contributed by atoms with E-state index in [0.717, 1.165) is 18.8 Å². The smallest absolute Gasteiger partial charge is 0.346 e. The first kappa shape index (κ1) is 14.5. The summed E-state index contributed by atoms with van der Waals surface area (Å²) in [6.07, 6.45) is 3.19. The third-order valence-electron chi connectivity index (χ3n) is 2.65. The van der Waals surface area contributed by atoms with E-state index in [1.54, 1.807) is 18.2 Å². The van der Waals surface area contributed by atoms with Gasteiger partial charge in [-0.25, -0.2) is 4.79 Å². The molecule has 0 aliphatic heterocycles. The molecule has 0 saturated heterocycles. The van der Waals surface area contributed by atoms with Gasteiger partial charge in [0.15, 0.2) is 0 Å². The lowest BCUT2D eigenvalue weighted by Gasteiger charge is -2.21. The van der Waals surface area contributed by atoms with Gasteiger partial charge < -0.3 is 10.0 Å².